The van der Waals surface area contributed by atoms with Gasteiger partial charge >= 0.3 is 0 Å². The molecule has 1 aromatic heterocycles. The van der Waals surface area contributed by atoms with Crippen LogP contribution in [0.5, 0.6) is 0 Å². The normalized spacial score (nSPS) is 17.0. The quantitative estimate of drug-likeness (QED) is 0.850. The Labute approximate surface area is 116 Å². The van der Waals surface area contributed by atoms with Crippen LogP contribution in [0.15, 0.2) is 34.9 Å². The van der Waals surface area contributed by atoms with Crippen molar-refractivity contribution in [3.63, 3.8) is 0 Å². The van der Waals surface area contributed by atoms with E-state index in [1.807, 2.05) is 19.1 Å². The van der Waals surface area contributed by atoms with E-state index < -0.39 is 10.4 Å². The molecule has 2 aromatic rings. The molecule has 2 rings (SSSR count). The van der Waals surface area contributed by atoms with Crippen LogP contribution in [0.25, 0.3) is 11.0 Å². The lowest BCUT2D eigenvalue weighted by Gasteiger charge is -2.35. The molecule has 0 aliphatic carbocycles. The highest BCUT2D eigenvalue weighted by atomic mass is 35.5. The van der Waals surface area contributed by atoms with Crippen LogP contribution >= 0.6 is 23.2 Å². The Hall–Kier alpha value is -0.740. The van der Waals surface area contributed by atoms with Crippen molar-refractivity contribution >= 4 is 34.2 Å². The molecule has 2 N–H and O–H groups in total. The monoisotopic (exact) mass is 287 g/mol. The molecule has 0 aliphatic rings. The van der Waals surface area contributed by atoms with Gasteiger partial charge in [-0.1, -0.05) is 6.07 Å². The number of hydrogen-bond donors (Lipinski definition) is 2. The average molecular weight is 288 g/mol. The summed E-state index contributed by atoms with van der Waals surface area (Å²) in [5.41, 5.74) is 0.0655. The Morgan fingerprint density at radius 1 is 1.33 bits per heavy atom. The van der Waals surface area contributed by atoms with Gasteiger partial charge in [0.1, 0.15) is 16.0 Å². The molecule has 0 aliphatic heterocycles. The molecule has 1 aromatic carbocycles. The highest BCUT2D eigenvalue weighted by Crippen LogP contribution is 2.36. The number of halogens is 2. The SMILES string of the molecule is CNC(C)C(O)(c1ccc2occc2c1)C(Cl)Cl. The first-order valence-electron chi connectivity index (χ1n) is 5.65. The number of alkyl halides is 2. The second-order valence-corrected chi connectivity index (χ2v) is 5.41. The molecule has 98 valence electrons. The van der Waals surface area contributed by atoms with Crippen molar-refractivity contribution < 1.29 is 9.52 Å². The predicted octanol–water partition coefficient (Wildman–Crippen LogP) is 3.03. The minimum Gasteiger partial charge on any atom is -0.464 e. The summed E-state index contributed by atoms with van der Waals surface area (Å²) in [6.07, 6.45) is 1.61. The summed E-state index contributed by atoms with van der Waals surface area (Å²) >= 11 is 11.9. The van der Waals surface area contributed by atoms with Gasteiger partial charge < -0.3 is 14.8 Å². The third-order valence-electron chi connectivity index (χ3n) is 3.34. The molecule has 0 spiro atoms. The van der Waals surface area contributed by atoms with Gasteiger partial charge in [0.05, 0.1) is 6.26 Å². The van der Waals surface area contributed by atoms with Gasteiger partial charge in [0.15, 0.2) is 0 Å². The zero-order chi connectivity index (χ0) is 13.3. The fourth-order valence-corrected chi connectivity index (χ4v) is 2.63. The van der Waals surface area contributed by atoms with Crippen molar-refractivity contribution in [2.24, 2.45) is 0 Å². The summed E-state index contributed by atoms with van der Waals surface area (Å²) in [5, 5.41) is 14.7. The summed E-state index contributed by atoms with van der Waals surface area (Å²) in [7, 11) is 1.75. The van der Waals surface area contributed by atoms with Gasteiger partial charge in [-0.2, -0.15) is 0 Å². The molecule has 3 nitrogen and oxygen atoms in total. The van der Waals surface area contributed by atoms with Crippen LogP contribution in [-0.4, -0.2) is 23.0 Å². The number of nitrogens with one attached hydrogen (secondary N) is 1. The molecule has 2 unspecified atom stereocenters. The number of aliphatic hydroxyl groups is 1. The van der Waals surface area contributed by atoms with Crippen molar-refractivity contribution in [3.05, 3.63) is 36.1 Å². The first kappa shape index (κ1) is 13.7. The molecule has 0 radical (unpaired) electrons. The Morgan fingerprint density at radius 2 is 2.06 bits per heavy atom. The average Bonchev–Trinajstić information content (AvgIpc) is 2.83. The molecular formula is C13H15Cl2NO2. The van der Waals surface area contributed by atoms with Crippen molar-refractivity contribution in [3.8, 4) is 0 Å². The van der Waals surface area contributed by atoms with Crippen molar-refractivity contribution in [1.29, 1.82) is 0 Å². The summed E-state index contributed by atoms with van der Waals surface area (Å²) in [4.78, 5) is -0.940. The second-order valence-electron chi connectivity index (χ2n) is 4.31. The van der Waals surface area contributed by atoms with E-state index in [4.69, 9.17) is 27.6 Å². The lowest BCUT2D eigenvalue weighted by atomic mass is 9.88. The zero-order valence-corrected chi connectivity index (χ0v) is 11.7. The van der Waals surface area contributed by atoms with Gasteiger partial charge in [-0.3, -0.25) is 0 Å². The van der Waals surface area contributed by atoms with E-state index in [0.29, 0.717) is 5.56 Å². The van der Waals surface area contributed by atoms with E-state index in [0.717, 1.165) is 11.0 Å². The Morgan fingerprint density at radius 3 is 2.67 bits per heavy atom. The minimum atomic E-state index is -1.36. The number of likely N-dealkylation sites (N-methyl/N-ethyl adjacent to an activating group) is 1. The maximum atomic E-state index is 10.8. The van der Waals surface area contributed by atoms with E-state index in [-0.39, 0.29) is 6.04 Å². The van der Waals surface area contributed by atoms with Gasteiger partial charge in [0.25, 0.3) is 0 Å². The smallest absolute Gasteiger partial charge is 0.142 e. The zero-order valence-electron chi connectivity index (χ0n) is 10.2. The molecule has 0 fully saturated rings. The first-order valence-corrected chi connectivity index (χ1v) is 6.53. The largest absolute Gasteiger partial charge is 0.464 e. The van der Waals surface area contributed by atoms with E-state index >= 15 is 0 Å². The van der Waals surface area contributed by atoms with E-state index in [9.17, 15) is 5.11 Å². The van der Waals surface area contributed by atoms with Crippen LogP contribution in [0.1, 0.15) is 12.5 Å². The number of hydrogen-bond acceptors (Lipinski definition) is 3. The highest BCUT2D eigenvalue weighted by Gasteiger charge is 2.41. The van der Waals surface area contributed by atoms with E-state index in [1.165, 1.54) is 0 Å². The molecular weight excluding hydrogens is 273 g/mol. The summed E-state index contributed by atoms with van der Waals surface area (Å²) in [5.74, 6) is 0. The van der Waals surface area contributed by atoms with Crippen molar-refractivity contribution in [2.75, 3.05) is 7.05 Å². The van der Waals surface area contributed by atoms with Crippen LogP contribution in [0.4, 0.5) is 0 Å². The maximum absolute atomic E-state index is 10.8. The van der Waals surface area contributed by atoms with Gasteiger partial charge in [-0.25, -0.2) is 0 Å². The Bertz CT molecular complexity index is 541. The number of rotatable bonds is 4. The minimum absolute atomic E-state index is 0.290. The fraction of sp³-hybridized carbons (Fsp3) is 0.385. The summed E-state index contributed by atoms with van der Waals surface area (Å²) < 4.78 is 5.27. The number of fused-ring (bicyclic) bond motifs is 1. The third kappa shape index (κ3) is 2.12. The molecule has 18 heavy (non-hydrogen) atoms. The van der Waals surface area contributed by atoms with Gasteiger partial charge in [0.2, 0.25) is 0 Å². The summed E-state index contributed by atoms with van der Waals surface area (Å²) in [6.45, 7) is 1.83. The molecule has 0 saturated heterocycles. The van der Waals surface area contributed by atoms with Crippen molar-refractivity contribution in [2.45, 2.75) is 23.4 Å². The Kier molecular flexibility index (Phi) is 3.87. The predicted molar refractivity (Wildman–Crippen MR) is 74.1 cm³/mol. The second kappa shape index (κ2) is 5.10. The van der Waals surface area contributed by atoms with Gasteiger partial charge in [-0.15, -0.1) is 23.2 Å². The van der Waals surface area contributed by atoms with Gasteiger partial charge in [0, 0.05) is 11.4 Å². The molecule has 0 saturated carbocycles. The number of benzene rings is 1. The topological polar surface area (TPSA) is 45.4 Å². The number of furan rings is 1. The Balaban J connectivity index is 2.53. The maximum Gasteiger partial charge on any atom is 0.142 e. The first-order chi connectivity index (χ1) is 8.50. The van der Waals surface area contributed by atoms with Crippen LogP contribution in [0, 0.1) is 0 Å². The van der Waals surface area contributed by atoms with Crippen LogP contribution < -0.4 is 5.32 Å². The lowest BCUT2D eigenvalue weighted by molar-refractivity contribution is 0.0184. The van der Waals surface area contributed by atoms with Crippen LogP contribution in [0.3, 0.4) is 0 Å². The molecule has 1 heterocycles. The van der Waals surface area contributed by atoms with Crippen LogP contribution in [-0.2, 0) is 5.60 Å². The molecule has 2 atom stereocenters. The van der Waals surface area contributed by atoms with E-state index in [1.54, 1.807) is 25.4 Å². The van der Waals surface area contributed by atoms with E-state index in [2.05, 4.69) is 5.32 Å². The third-order valence-corrected chi connectivity index (χ3v) is 4.01. The lowest BCUT2D eigenvalue weighted by Crippen LogP contribution is -2.49. The fourth-order valence-electron chi connectivity index (χ4n) is 2.00. The molecule has 0 bridgehead atoms. The molecule has 0 amide bonds. The molecule has 5 heteroatoms. The van der Waals surface area contributed by atoms with Gasteiger partial charge in [-0.05, 0) is 37.7 Å². The standard InChI is InChI=1S/C13H15Cl2NO2/c1-8(16-2)13(17,12(14)15)10-3-4-11-9(7-10)5-6-18-11/h3-8,12,16-17H,1-2H3. The highest BCUT2D eigenvalue weighted by molar-refractivity contribution is 6.45. The van der Waals surface area contributed by atoms with Crippen molar-refractivity contribution in [1.82, 2.24) is 5.32 Å². The van der Waals surface area contributed by atoms with Crippen LogP contribution in [0.2, 0.25) is 0 Å². The summed E-state index contributed by atoms with van der Waals surface area (Å²) in [6, 6.07) is 6.96.